The van der Waals surface area contributed by atoms with Crippen LogP contribution in [0.3, 0.4) is 0 Å². The molecule has 0 saturated carbocycles. The molecule has 0 radical (unpaired) electrons. The number of para-hydroxylation sites is 1. The number of phenols is 1. The van der Waals surface area contributed by atoms with E-state index in [-0.39, 0.29) is 17.6 Å². The van der Waals surface area contributed by atoms with Gasteiger partial charge in [-0.1, -0.05) is 32.0 Å². The summed E-state index contributed by atoms with van der Waals surface area (Å²) in [7, 11) is 0. The highest BCUT2D eigenvalue weighted by atomic mass is 19.1. The highest BCUT2D eigenvalue weighted by molar-refractivity contribution is 5.35. The Hall–Kier alpha value is -1.05. The standard InChI is InChI=1S/C11H15FO/c1-8(2)10(7-12)9-5-3-4-6-11(9)13/h3-6,8,10,13H,7H2,1-2H3. The van der Waals surface area contributed by atoms with E-state index in [0.717, 1.165) is 0 Å². The molecule has 1 rings (SSSR count). The number of alkyl halides is 1. The van der Waals surface area contributed by atoms with Crippen LogP contribution in [-0.4, -0.2) is 11.8 Å². The first kappa shape index (κ1) is 10.0. The summed E-state index contributed by atoms with van der Waals surface area (Å²) >= 11 is 0. The van der Waals surface area contributed by atoms with Gasteiger partial charge in [-0.15, -0.1) is 0 Å². The lowest BCUT2D eigenvalue weighted by Crippen LogP contribution is -2.08. The molecule has 1 nitrogen and oxygen atoms in total. The first-order chi connectivity index (χ1) is 6.16. The highest BCUT2D eigenvalue weighted by Gasteiger charge is 2.18. The number of phenolic OH excluding ortho intramolecular Hbond substituents is 1. The molecule has 1 unspecified atom stereocenters. The molecule has 2 heteroatoms. The van der Waals surface area contributed by atoms with E-state index in [1.807, 2.05) is 19.9 Å². The molecule has 0 aliphatic heterocycles. The molecular formula is C11H15FO. The molecule has 72 valence electrons. The summed E-state index contributed by atoms with van der Waals surface area (Å²) in [6.45, 7) is 3.49. The van der Waals surface area contributed by atoms with Crippen molar-refractivity contribution >= 4 is 0 Å². The van der Waals surface area contributed by atoms with E-state index in [2.05, 4.69) is 0 Å². The third-order valence-corrected chi connectivity index (χ3v) is 2.31. The van der Waals surface area contributed by atoms with Gasteiger partial charge in [0.1, 0.15) is 5.75 Å². The molecular weight excluding hydrogens is 167 g/mol. The van der Waals surface area contributed by atoms with Crippen molar-refractivity contribution in [2.45, 2.75) is 19.8 Å². The van der Waals surface area contributed by atoms with Crippen molar-refractivity contribution in [3.05, 3.63) is 29.8 Å². The third-order valence-electron chi connectivity index (χ3n) is 2.31. The van der Waals surface area contributed by atoms with Crippen LogP contribution in [0.2, 0.25) is 0 Å². The Bertz CT molecular complexity index is 271. The van der Waals surface area contributed by atoms with E-state index in [1.165, 1.54) is 0 Å². The van der Waals surface area contributed by atoms with E-state index in [4.69, 9.17) is 0 Å². The lowest BCUT2D eigenvalue weighted by molar-refractivity contribution is 0.353. The molecule has 0 fully saturated rings. The Morgan fingerprint density at radius 1 is 1.31 bits per heavy atom. The summed E-state index contributed by atoms with van der Waals surface area (Å²) in [5.74, 6) is 0.207. The van der Waals surface area contributed by atoms with Gasteiger partial charge in [0.25, 0.3) is 0 Å². The van der Waals surface area contributed by atoms with Gasteiger partial charge in [-0.25, -0.2) is 0 Å². The topological polar surface area (TPSA) is 20.2 Å². The molecule has 1 aromatic carbocycles. The highest BCUT2D eigenvalue weighted by Crippen LogP contribution is 2.31. The molecule has 0 saturated heterocycles. The minimum atomic E-state index is -0.421. The summed E-state index contributed by atoms with van der Waals surface area (Å²) in [5.41, 5.74) is 0.708. The number of hydrogen-bond donors (Lipinski definition) is 1. The van der Waals surface area contributed by atoms with Gasteiger partial charge in [-0.3, -0.25) is 4.39 Å². The van der Waals surface area contributed by atoms with Crippen LogP contribution in [-0.2, 0) is 0 Å². The van der Waals surface area contributed by atoms with Gasteiger partial charge in [0.2, 0.25) is 0 Å². The maximum atomic E-state index is 12.7. The molecule has 0 aliphatic rings. The lowest BCUT2D eigenvalue weighted by atomic mass is 9.89. The van der Waals surface area contributed by atoms with Gasteiger partial charge in [0.05, 0.1) is 6.67 Å². The first-order valence-corrected chi connectivity index (χ1v) is 4.50. The van der Waals surface area contributed by atoms with Crippen molar-refractivity contribution < 1.29 is 9.50 Å². The fraction of sp³-hybridized carbons (Fsp3) is 0.455. The number of hydrogen-bond acceptors (Lipinski definition) is 1. The lowest BCUT2D eigenvalue weighted by Gasteiger charge is -2.18. The first-order valence-electron chi connectivity index (χ1n) is 4.50. The second-order valence-corrected chi connectivity index (χ2v) is 3.56. The van der Waals surface area contributed by atoms with Crippen LogP contribution in [0.1, 0.15) is 25.3 Å². The van der Waals surface area contributed by atoms with Gasteiger partial charge in [0.15, 0.2) is 0 Å². The summed E-state index contributed by atoms with van der Waals surface area (Å²) < 4.78 is 12.7. The van der Waals surface area contributed by atoms with Crippen LogP contribution in [0.15, 0.2) is 24.3 Å². The van der Waals surface area contributed by atoms with Crippen molar-refractivity contribution in [2.75, 3.05) is 6.67 Å². The maximum absolute atomic E-state index is 12.7. The fourth-order valence-corrected chi connectivity index (χ4v) is 1.42. The number of aromatic hydroxyl groups is 1. The SMILES string of the molecule is CC(C)C(CF)c1ccccc1O. The fourth-order valence-electron chi connectivity index (χ4n) is 1.42. The van der Waals surface area contributed by atoms with Crippen molar-refractivity contribution in [3.63, 3.8) is 0 Å². The minimum Gasteiger partial charge on any atom is -0.508 e. The normalized spacial score (nSPS) is 13.2. The van der Waals surface area contributed by atoms with Crippen LogP contribution >= 0.6 is 0 Å². The second kappa shape index (κ2) is 4.26. The molecule has 13 heavy (non-hydrogen) atoms. The van der Waals surface area contributed by atoms with Crippen LogP contribution < -0.4 is 0 Å². The zero-order valence-electron chi connectivity index (χ0n) is 8.00. The van der Waals surface area contributed by atoms with Crippen LogP contribution in [0.4, 0.5) is 4.39 Å². The smallest absolute Gasteiger partial charge is 0.119 e. The van der Waals surface area contributed by atoms with Gasteiger partial charge >= 0.3 is 0 Å². The van der Waals surface area contributed by atoms with Crippen molar-refractivity contribution in [1.29, 1.82) is 0 Å². The average molecular weight is 182 g/mol. The molecule has 0 spiro atoms. The molecule has 0 heterocycles. The molecule has 0 amide bonds. The Morgan fingerprint density at radius 2 is 1.92 bits per heavy atom. The van der Waals surface area contributed by atoms with Crippen LogP contribution in [0.25, 0.3) is 0 Å². The zero-order chi connectivity index (χ0) is 9.84. The zero-order valence-corrected chi connectivity index (χ0v) is 8.00. The third kappa shape index (κ3) is 2.20. The van der Waals surface area contributed by atoms with E-state index < -0.39 is 6.67 Å². The predicted molar refractivity (Wildman–Crippen MR) is 51.7 cm³/mol. The van der Waals surface area contributed by atoms with Crippen molar-refractivity contribution in [1.82, 2.24) is 0 Å². The Kier molecular flexibility index (Phi) is 3.29. The second-order valence-electron chi connectivity index (χ2n) is 3.56. The molecule has 0 aliphatic carbocycles. The number of halogens is 1. The maximum Gasteiger partial charge on any atom is 0.119 e. The number of benzene rings is 1. The molecule has 1 aromatic rings. The predicted octanol–water partition coefficient (Wildman–Crippen LogP) is 3.10. The monoisotopic (exact) mass is 182 g/mol. The summed E-state index contributed by atoms with van der Waals surface area (Å²) in [6, 6.07) is 6.94. The molecule has 1 N–H and O–H groups in total. The van der Waals surface area contributed by atoms with E-state index >= 15 is 0 Å². The van der Waals surface area contributed by atoms with E-state index in [9.17, 15) is 9.50 Å². The average Bonchev–Trinajstić information content (AvgIpc) is 2.09. The van der Waals surface area contributed by atoms with Gasteiger partial charge in [-0.2, -0.15) is 0 Å². The largest absolute Gasteiger partial charge is 0.508 e. The van der Waals surface area contributed by atoms with Crippen LogP contribution in [0.5, 0.6) is 5.75 Å². The molecule has 1 atom stereocenters. The van der Waals surface area contributed by atoms with Gasteiger partial charge < -0.3 is 5.11 Å². The van der Waals surface area contributed by atoms with Gasteiger partial charge in [-0.05, 0) is 17.5 Å². The minimum absolute atomic E-state index is 0.193. The molecule has 0 bridgehead atoms. The van der Waals surface area contributed by atoms with E-state index in [1.54, 1.807) is 18.2 Å². The Labute approximate surface area is 78.2 Å². The molecule has 0 aromatic heterocycles. The Balaban J connectivity index is 2.97. The van der Waals surface area contributed by atoms with Crippen LogP contribution in [0, 0.1) is 5.92 Å². The summed E-state index contributed by atoms with van der Waals surface area (Å²) in [4.78, 5) is 0. The van der Waals surface area contributed by atoms with E-state index in [0.29, 0.717) is 5.56 Å². The van der Waals surface area contributed by atoms with Crippen molar-refractivity contribution in [2.24, 2.45) is 5.92 Å². The van der Waals surface area contributed by atoms with Gasteiger partial charge in [0, 0.05) is 5.92 Å². The number of rotatable bonds is 3. The Morgan fingerprint density at radius 3 is 2.38 bits per heavy atom. The van der Waals surface area contributed by atoms with Crippen molar-refractivity contribution in [3.8, 4) is 5.75 Å². The summed E-state index contributed by atoms with van der Waals surface area (Å²) in [5, 5.41) is 9.49. The summed E-state index contributed by atoms with van der Waals surface area (Å²) in [6.07, 6.45) is 0. The quantitative estimate of drug-likeness (QED) is 0.761.